The van der Waals surface area contributed by atoms with E-state index in [9.17, 15) is 9.59 Å². The molecule has 0 radical (unpaired) electrons. The number of hydrogen-bond donors (Lipinski definition) is 2. The third-order valence-corrected chi connectivity index (χ3v) is 1.81. The van der Waals surface area contributed by atoms with Gasteiger partial charge in [-0.3, -0.25) is 4.79 Å². The summed E-state index contributed by atoms with van der Waals surface area (Å²) in [5.41, 5.74) is 5.93. The Balaban J connectivity index is 3.16. The number of carboxylic acids is 1. The number of aromatic carboxylic acids is 1. The fourth-order valence-corrected chi connectivity index (χ4v) is 1.20. The van der Waals surface area contributed by atoms with Gasteiger partial charge in [0.15, 0.2) is 5.69 Å². The molecule has 0 bridgehead atoms. The molecule has 3 N–H and O–H groups in total. The minimum absolute atomic E-state index is 0.113. The molecule has 1 rings (SSSR count). The summed E-state index contributed by atoms with van der Waals surface area (Å²) >= 11 is 0.874. The number of carbonyl (C=O) groups is 2. The Morgan fingerprint density at radius 2 is 2.27 bits per heavy atom. The molecule has 0 saturated carbocycles. The van der Waals surface area contributed by atoms with Crippen molar-refractivity contribution in [3.05, 3.63) is 16.1 Å². The van der Waals surface area contributed by atoms with E-state index in [4.69, 9.17) is 10.8 Å². The highest BCUT2D eigenvalue weighted by Gasteiger charge is 2.16. The van der Waals surface area contributed by atoms with Gasteiger partial charge in [0.1, 0.15) is 4.88 Å². The van der Waals surface area contributed by atoms with Gasteiger partial charge in [0.2, 0.25) is 0 Å². The Kier molecular flexibility index (Phi) is 1.86. The molecule has 0 atom stereocenters. The molecule has 6 heteroatoms. The zero-order valence-electron chi connectivity index (χ0n) is 5.27. The average molecular weight is 172 g/mol. The van der Waals surface area contributed by atoms with Crippen LogP contribution in [0.3, 0.4) is 0 Å². The fourth-order valence-electron chi connectivity index (χ4n) is 0.573. The van der Waals surface area contributed by atoms with Crippen LogP contribution in [0.5, 0.6) is 0 Å². The third-order valence-electron chi connectivity index (χ3n) is 0.995. The normalized spacial score (nSPS) is 9.45. The summed E-state index contributed by atoms with van der Waals surface area (Å²) < 4.78 is 0. The molecule has 11 heavy (non-hydrogen) atoms. The number of nitrogens with zero attached hydrogens (tertiary/aromatic N) is 1. The quantitative estimate of drug-likeness (QED) is 0.653. The summed E-state index contributed by atoms with van der Waals surface area (Å²) in [6.07, 6.45) is 0. The minimum Gasteiger partial charge on any atom is -0.477 e. The molecular weight excluding hydrogens is 168 g/mol. The Labute approximate surface area is 65.5 Å². The number of hydrogen-bond acceptors (Lipinski definition) is 4. The predicted octanol–water partition coefficient (Wildman–Crippen LogP) is -0.0598. The van der Waals surface area contributed by atoms with Crippen molar-refractivity contribution >= 4 is 23.2 Å². The van der Waals surface area contributed by atoms with Crippen LogP contribution in [-0.4, -0.2) is 22.0 Å². The second-order valence-electron chi connectivity index (χ2n) is 1.70. The van der Waals surface area contributed by atoms with Crippen molar-refractivity contribution in [2.75, 3.05) is 0 Å². The Bertz CT molecular complexity index is 278. The maximum Gasteiger partial charge on any atom is 0.348 e. The number of primary amides is 1. The van der Waals surface area contributed by atoms with Crippen molar-refractivity contribution in [1.82, 2.24) is 4.98 Å². The van der Waals surface area contributed by atoms with Gasteiger partial charge < -0.3 is 10.8 Å². The summed E-state index contributed by atoms with van der Waals surface area (Å²) in [5.74, 6) is -2.00. The lowest BCUT2D eigenvalue weighted by molar-refractivity contribution is 0.0697. The van der Waals surface area contributed by atoms with E-state index in [2.05, 4.69) is 4.98 Å². The number of amides is 1. The first-order chi connectivity index (χ1) is 5.13. The van der Waals surface area contributed by atoms with Gasteiger partial charge >= 0.3 is 5.97 Å². The third kappa shape index (κ3) is 1.35. The molecule has 1 heterocycles. The van der Waals surface area contributed by atoms with Crippen molar-refractivity contribution in [2.45, 2.75) is 0 Å². The van der Waals surface area contributed by atoms with Gasteiger partial charge in [-0.2, -0.15) is 0 Å². The molecule has 0 fully saturated rings. The maximum atomic E-state index is 10.5. The molecule has 1 aromatic heterocycles. The second kappa shape index (κ2) is 2.67. The van der Waals surface area contributed by atoms with Gasteiger partial charge in [0, 0.05) is 0 Å². The molecular formula is C5H4N2O3S. The summed E-state index contributed by atoms with van der Waals surface area (Å²) in [7, 11) is 0. The van der Waals surface area contributed by atoms with Crippen molar-refractivity contribution in [1.29, 1.82) is 0 Å². The number of aromatic nitrogens is 1. The SMILES string of the molecule is NC(=O)c1ncsc1C(=O)O. The lowest BCUT2D eigenvalue weighted by atomic mass is 10.3. The molecule has 58 valence electrons. The zero-order valence-corrected chi connectivity index (χ0v) is 6.09. The van der Waals surface area contributed by atoms with Crippen molar-refractivity contribution in [3.8, 4) is 0 Å². The van der Waals surface area contributed by atoms with Gasteiger partial charge in [0.05, 0.1) is 5.51 Å². The van der Waals surface area contributed by atoms with Crippen LogP contribution in [0.2, 0.25) is 0 Å². The average Bonchev–Trinajstić information content (AvgIpc) is 2.32. The van der Waals surface area contributed by atoms with E-state index < -0.39 is 11.9 Å². The molecule has 0 aliphatic rings. The largest absolute Gasteiger partial charge is 0.477 e. The molecule has 1 amide bonds. The number of carbonyl (C=O) groups excluding carboxylic acids is 1. The Hall–Kier alpha value is -1.43. The van der Waals surface area contributed by atoms with Crippen molar-refractivity contribution < 1.29 is 14.7 Å². The molecule has 0 saturated heterocycles. The molecule has 0 aliphatic heterocycles. The smallest absolute Gasteiger partial charge is 0.348 e. The van der Waals surface area contributed by atoms with E-state index in [0.29, 0.717) is 0 Å². The summed E-state index contributed by atoms with van der Waals surface area (Å²) in [6, 6.07) is 0. The van der Waals surface area contributed by atoms with E-state index >= 15 is 0 Å². The second-order valence-corrected chi connectivity index (χ2v) is 2.55. The number of rotatable bonds is 2. The van der Waals surface area contributed by atoms with Crippen LogP contribution in [0, 0.1) is 0 Å². The van der Waals surface area contributed by atoms with Gasteiger partial charge in [-0.05, 0) is 0 Å². The standard InChI is InChI=1S/C5H4N2O3S/c6-4(8)2-3(5(9)10)11-1-7-2/h1H,(H2,6,8)(H,9,10). The van der Waals surface area contributed by atoms with E-state index in [0.717, 1.165) is 11.3 Å². The fraction of sp³-hybridized carbons (Fsp3) is 0. The molecule has 0 unspecified atom stereocenters. The van der Waals surface area contributed by atoms with Gasteiger partial charge in [-0.1, -0.05) is 0 Å². The zero-order chi connectivity index (χ0) is 8.43. The highest BCUT2D eigenvalue weighted by atomic mass is 32.1. The summed E-state index contributed by atoms with van der Waals surface area (Å²) in [6.45, 7) is 0. The number of thiazole rings is 1. The first-order valence-corrected chi connectivity index (χ1v) is 3.47. The highest BCUT2D eigenvalue weighted by Crippen LogP contribution is 2.11. The topological polar surface area (TPSA) is 93.3 Å². The van der Waals surface area contributed by atoms with Crippen LogP contribution in [0.15, 0.2) is 5.51 Å². The van der Waals surface area contributed by atoms with Crippen molar-refractivity contribution in [3.63, 3.8) is 0 Å². The predicted molar refractivity (Wildman–Crippen MR) is 37.6 cm³/mol. The van der Waals surface area contributed by atoms with Crippen LogP contribution in [0.4, 0.5) is 0 Å². The summed E-state index contributed by atoms with van der Waals surface area (Å²) in [5, 5.41) is 8.47. The van der Waals surface area contributed by atoms with E-state index in [1.165, 1.54) is 5.51 Å². The van der Waals surface area contributed by atoms with E-state index in [1.807, 2.05) is 0 Å². The van der Waals surface area contributed by atoms with Crippen LogP contribution >= 0.6 is 11.3 Å². The maximum absolute atomic E-state index is 10.5. The van der Waals surface area contributed by atoms with Gasteiger partial charge in [-0.25, -0.2) is 9.78 Å². The number of nitrogens with two attached hydrogens (primary N) is 1. The van der Waals surface area contributed by atoms with Crippen molar-refractivity contribution in [2.24, 2.45) is 5.73 Å². The Morgan fingerprint density at radius 1 is 1.64 bits per heavy atom. The highest BCUT2D eigenvalue weighted by molar-refractivity contribution is 7.12. The van der Waals surface area contributed by atoms with Gasteiger partial charge in [0.25, 0.3) is 5.91 Å². The van der Waals surface area contributed by atoms with Crippen LogP contribution in [-0.2, 0) is 0 Å². The summed E-state index contributed by atoms with van der Waals surface area (Å²) in [4.78, 5) is 24.2. The van der Waals surface area contributed by atoms with Crippen LogP contribution in [0.1, 0.15) is 20.2 Å². The molecule has 5 nitrogen and oxygen atoms in total. The lowest BCUT2D eigenvalue weighted by Crippen LogP contribution is -2.15. The minimum atomic E-state index is -1.18. The van der Waals surface area contributed by atoms with E-state index in [1.54, 1.807) is 0 Å². The van der Waals surface area contributed by atoms with E-state index in [-0.39, 0.29) is 10.6 Å². The Morgan fingerprint density at radius 3 is 2.64 bits per heavy atom. The molecule has 1 aromatic rings. The van der Waals surface area contributed by atoms with Crippen LogP contribution < -0.4 is 5.73 Å². The molecule has 0 aromatic carbocycles. The first kappa shape index (κ1) is 7.67. The number of carboxylic acid groups (broad SMARTS) is 1. The molecule has 0 spiro atoms. The van der Waals surface area contributed by atoms with Crippen LogP contribution in [0.25, 0.3) is 0 Å². The van der Waals surface area contributed by atoms with Gasteiger partial charge in [-0.15, -0.1) is 11.3 Å². The monoisotopic (exact) mass is 172 g/mol. The first-order valence-electron chi connectivity index (χ1n) is 2.59. The molecule has 0 aliphatic carbocycles. The lowest BCUT2D eigenvalue weighted by Gasteiger charge is -1.89.